The second-order valence-electron chi connectivity index (χ2n) is 9.85. The van der Waals surface area contributed by atoms with E-state index in [1.165, 1.54) is 6.07 Å². The quantitative estimate of drug-likeness (QED) is 0.247. The molecule has 2 N–H and O–H groups in total. The van der Waals surface area contributed by atoms with Crippen LogP contribution >= 0.6 is 22.9 Å². The molecule has 0 unspecified atom stereocenters. The molecule has 2 aromatic carbocycles. The summed E-state index contributed by atoms with van der Waals surface area (Å²) in [6.45, 7) is 1.23. The number of imidazole rings is 1. The van der Waals surface area contributed by atoms with Gasteiger partial charge in [0.05, 0.1) is 28.9 Å². The highest BCUT2D eigenvalue weighted by Gasteiger charge is 2.27. The fraction of sp³-hybridized carbons (Fsp3) is 0.276. The lowest BCUT2D eigenvalue weighted by atomic mass is 9.90. The predicted octanol–water partition coefficient (Wildman–Crippen LogP) is 6.67. The molecule has 0 spiro atoms. The van der Waals surface area contributed by atoms with E-state index >= 15 is 0 Å². The summed E-state index contributed by atoms with van der Waals surface area (Å²) < 4.78 is 15.8. The van der Waals surface area contributed by atoms with Gasteiger partial charge >= 0.3 is 0 Å². The first kappa shape index (κ1) is 25.0. The summed E-state index contributed by atoms with van der Waals surface area (Å²) in [5.41, 5.74) is 10.8. The second-order valence-corrected chi connectivity index (χ2v) is 11.2. The van der Waals surface area contributed by atoms with Crippen LogP contribution in [0.5, 0.6) is 0 Å². The fourth-order valence-electron chi connectivity index (χ4n) is 5.28. The van der Waals surface area contributed by atoms with Gasteiger partial charge in [-0.25, -0.2) is 19.3 Å². The average molecular weight is 547 g/mol. The third kappa shape index (κ3) is 5.29. The van der Waals surface area contributed by atoms with Gasteiger partial charge in [0.1, 0.15) is 16.6 Å². The van der Waals surface area contributed by atoms with Gasteiger partial charge in [0.2, 0.25) is 0 Å². The Bertz CT molecular complexity index is 1540. The molecule has 0 bridgehead atoms. The second kappa shape index (κ2) is 10.8. The summed E-state index contributed by atoms with van der Waals surface area (Å²) in [7, 11) is 0. The van der Waals surface area contributed by atoms with Crippen molar-refractivity contribution in [2.75, 3.05) is 4.90 Å². The highest BCUT2D eigenvalue weighted by molar-refractivity contribution is 7.09. The lowest BCUT2D eigenvalue weighted by Gasteiger charge is -2.36. The Balaban J connectivity index is 1.35. The zero-order valence-electron chi connectivity index (χ0n) is 20.8. The minimum atomic E-state index is -0.244. The van der Waals surface area contributed by atoms with E-state index in [9.17, 15) is 4.39 Å². The van der Waals surface area contributed by atoms with Crippen LogP contribution in [0, 0.1) is 5.82 Å². The van der Waals surface area contributed by atoms with Crippen LogP contribution in [0.3, 0.4) is 0 Å². The molecule has 3 aromatic heterocycles. The summed E-state index contributed by atoms with van der Waals surface area (Å²) in [5, 5.41) is 3.65. The van der Waals surface area contributed by atoms with E-state index in [2.05, 4.69) is 27.0 Å². The minimum absolute atomic E-state index is 0.244. The maximum absolute atomic E-state index is 13.8. The average Bonchev–Trinajstić information content (AvgIpc) is 3.58. The van der Waals surface area contributed by atoms with Crippen LogP contribution in [-0.4, -0.2) is 31.6 Å². The monoisotopic (exact) mass is 546 g/mol. The number of aromatic nitrogens is 4. The number of pyridine rings is 1. The number of halogens is 2. The molecule has 0 aliphatic heterocycles. The van der Waals surface area contributed by atoms with Crippen molar-refractivity contribution in [3.63, 3.8) is 0 Å². The Morgan fingerprint density at radius 3 is 2.71 bits per heavy atom. The van der Waals surface area contributed by atoms with Gasteiger partial charge in [0.15, 0.2) is 0 Å². The standard InChI is InChI=1S/C29H28ClFN6S/c30-25-15-34-28(37(17-29-33-10-11-38-29)23-7-5-22(32)6-8-23)14-24(25)20-4-9-26-27(13-20)36(18-35-26)16-19-2-1-3-21(31)12-19/h1-4,9-15,18,22-23H,5-8,16-17,32H2. The highest BCUT2D eigenvalue weighted by Crippen LogP contribution is 2.35. The molecule has 9 heteroatoms. The van der Waals surface area contributed by atoms with Crippen LogP contribution in [0.4, 0.5) is 10.2 Å². The normalized spacial score (nSPS) is 17.7. The van der Waals surface area contributed by atoms with Crippen molar-refractivity contribution in [3.8, 4) is 11.1 Å². The van der Waals surface area contributed by atoms with Gasteiger partial charge in [-0.3, -0.25) is 0 Å². The third-order valence-corrected chi connectivity index (χ3v) is 8.35. The van der Waals surface area contributed by atoms with Crippen LogP contribution in [0.25, 0.3) is 22.2 Å². The van der Waals surface area contributed by atoms with Crippen molar-refractivity contribution in [2.45, 2.75) is 50.9 Å². The number of anilines is 1. The highest BCUT2D eigenvalue weighted by atomic mass is 35.5. The fourth-order valence-corrected chi connectivity index (χ4v) is 6.10. The molecule has 194 valence electrons. The summed E-state index contributed by atoms with van der Waals surface area (Å²) in [4.78, 5) is 16.2. The molecule has 1 fully saturated rings. The molecule has 0 atom stereocenters. The molecule has 1 aliphatic rings. The van der Waals surface area contributed by atoms with Gasteiger partial charge in [0.25, 0.3) is 0 Å². The van der Waals surface area contributed by atoms with E-state index in [4.69, 9.17) is 22.3 Å². The van der Waals surface area contributed by atoms with Crippen molar-refractivity contribution in [1.29, 1.82) is 0 Å². The molecule has 0 amide bonds. The Morgan fingerprint density at radius 1 is 1.05 bits per heavy atom. The molecule has 3 heterocycles. The van der Waals surface area contributed by atoms with E-state index in [1.807, 2.05) is 34.3 Å². The third-order valence-electron chi connectivity index (χ3n) is 7.28. The predicted molar refractivity (Wildman–Crippen MR) is 152 cm³/mol. The number of thiazole rings is 1. The van der Waals surface area contributed by atoms with Gasteiger partial charge in [-0.05, 0) is 67.1 Å². The van der Waals surface area contributed by atoms with Crippen molar-refractivity contribution >= 4 is 39.8 Å². The van der Waals surface area contributed by atoms with Crippen molar-refractivity contribution in [3.05, 3.63) is 94.0 Å². The van der Waals surface area contributed by atoms with E-state index in [1.54, 1.807) is 36.0 Å². The number of hydrogen-bond acceptors (Lipinski definition) is 6. The van der Waals surface area contributed by atoms with Crippen molar-refractivity contribution in [2.24, 2.45) is 5.73 Å². The molecule has 0 radical (unpaired) electrons. The molecule has 38 heavy (non-hydrogen) atoms. The molecule has 6 rings (SSSR count). The maximum Gasteiger partial charge on any atom is 0.129 e. The van der Waals surface area contributed by atoms with Crippen molar-refractivity contribution < 1.29 is 4.39 Å². The Morgan fingerprint density at radius 2 is 1.92 bits per heavy atom. The summed E-state index contributed by atoms with van der Waals surface area (Å²) in [6, 6.07) is 15.5. The Labute approximate surface area is 229 Å². The number of benzene rings is 2. The first-order valence-electron chi connectivity index (χ1n) is 12.8. The van der Waals surface area contributed by atoms with E-state index in [-0.39, 0.29) is 11.9 Å². The van der Waals surface area contributed by atoms with E-state index < -0.39 is 0 Å². The lowest BCUT2D eigenvalue weighted by molar-refractivity contribution is 0.373. The van der Waals surface area contributed by atoms with Crippen LogP contribution in [-0.2, 0) is 13.1 Å². The summed E-state index contributed by atoms with van der Waals surface area (Å²) in [5.74, 6) is 0.638. The minimum Gasteiger partial charge on any atom is -0.347 e. The number of nitrogens with two attached hydrogens (primary N) is 1. The largest absolute Gasteiger partial charge is 0.347 e. The Hall–Kier alpha value is -3.33. The molecule has 6 nitrogen and oxygen atoms in total. The van der Waals surface area contributed by atoms with E-state index in [0.717, 1.165) is 64.2 Å². The number of nitrogens with zero attached hydrogens (tertiary/aromatic N) is 5. The topological polar surface area (TPSA) is 72.9 Å². The van der Waals surface area contributed by atoms with Gasteiger partial charge in [0, 0.05) is 42.0 Å². The summed E-state index contributed by atoms with van der Waals surface area (Å²) in [6.07, 6.45) is 9.44. The van der Waals surface area contributed by atoms with Crippen molar-refractivity contribution in [1.82, 2.24) is 19.5 Å². The lowest BCUT2D eigenvalue weighted by Crippen LogP contribution is -2.41. The smallest absolute Gasteiger partial charge is 0.129 e. The number of hydrogen-bond donors (Lipinski definition) is 1. The van der Waals surface area contributed by atoms with Crippen LogP contribution < -0.4 is 10.6 Å². The van der Waals surface area contributed by atoms with Gasteiger partial charge in [-0.15, -0.1) is 11.3 Å². The molecule has 1 aliphatic carbocycles. The number of rotatable bonds is 7. The SMILES string of the molecule is NC1CCC(N(Cc2nccs2)c2cc(-c3ccc4ncn(Cc5cccc(F)c5)c4c3)c(Cl)cn2)CC1. The first-order chi connectivity index (χ1) is 18.5. The van der Waals surface area contributed by atoms with E-state index in [0.29, 0.717) is 24.2 Å². The van der Waals surface area contributed by atoms with Gasteiger partial charge in [-0.1, -0.05) is 29.8 Å². The zero-order chi connectivity index (χ0) is 26.1. The van der Waals surface area contributed by atoms with Gasteiger partial charge in [-0.2, -0.15) is 0 Å². The number of fused-ring (bicyclic) bond motifs is 1. The molecule has 1 saturated carbocycles. The zero-order valence-corrected chi connectivity index (χ0v) is 22.4. The summed E-state index contributed by atoms with van der Waals surface area (Å²) >= 11 is 8.38. The molecular weight excluding hydrogens is 519 g/mol. The Kier molecular flexibility index (Phi) is 7.10. The van der Waals surface area contributed by atoms with Gasteiger partial charge < -0.3 is 15.2 Å². The maximum atomic E-state index is 13.8. The van der Waals surface area contributed by atoms with Crippen LogP contribution in [0.15, 0.2) is 72.6 Å². The molecule has 5 aromatic rings. The molecule has 0 saturated heterocycles. The van der Waals surface area contributed by atoms with Crippen LogP contribution in [0.1, 0.15) is 36.3 Å². The van der Waals surface area contributed by atoms with Crippen LogP contribution in [0.2, 0.25) is 5.02 Å². The first-order valence-corrected chi connectivity index (χ1v) is 14.0. The molecular formula is C29H28ClFN6S.